The van der Waals surface area contributed by atoms with Gasteiger partial charge >= 0.3 is 8.72 Å². The van der Waals surface area contributed by atoms with E-state index in [2.05, 4.69) is 48.7 Å². The minimum Gasteiger partial charge on any atom is -0.378 e. The number of rotatable bonds is 7. The van der Waals surface area contributed by atoms with Crippen molar-refractivity contribution in [1.82, 2.24) is 0 Å². The van der Waals surface area contributed by atoms with Gasteiger partial charge in [0, 0.05) is 31.5 Å². The largest absolute Gasteiger partial charge is 0.459 e. The minimum atomic E-state index is -2.21. The summed E-state index contributed by atoms with van der Waals surface area (Å²) in [5.41, 5.74) is 1.25. The molecule has 1 aliphatic rings. The molecule has 0 atom stereocenters. The maximum absolute atomic E-state index is 6.25. The van der Waals surface area contributed by atoms with E-state index in [4.69, 9.17) is 8.85 Å². The lowest BCUT2D eigenvalue weighted by Gasteiger charge is -2.36. The molecule has 1 saturated heterocycles. The zero-order valence-corrected chi connectivity index (χ0v) is 13.1. The summed E-state index contributed by atoms with van der Waals surface area (Å²) in [7, 11) is -2.21. The summed E-state index contributed by atoms with van der Waals surface area (Å²) in [6.07, 6.45) is 3.27. The first-order valence-electron chi connectivity index (χ1n) is 7.43. The number of hydrogen-bond donors (Lipinski definition) is 0. The second-order valence-electron chi connectivity index (χ2n) is 5.00. The van der Waals surface area contributed by atoms with E-state index in [9.17, 15) is 0 Å². The molecule has 0 aliphatic carbocycles. The Bertz CT molecular complexity index is 364. The Morgan fingerprint density at radius 2 is 1.68 bits per heavy atom. The van der Waals surface area contributed by atoms with Gasteiger partial charge in [-0.2, -0.15) is 0 Å². The van der Waals surface area contributed by atoms with E-state index in [1.807, 2.05) is 0 Å². The van der Waals surface area contributed by atoms with Gasteiger partial charge in [-0.25, -0.2) is 0 Å². The summed E-state index contributed by atoms with van der Waals surface area (Å²) in [5.74, 6) is 0. The number of anilines is 1. The van der Waals surface area contributed by atoms with Gasteiger partial charge in [-0.3, -0.25) is 0 Å². The van der Waals surface area contributed by atoms with Gasteiger partial charge in [0.05, 0.1) is 0 Å². The van der Waals surface area contributed by atoms with Gasteiger partial charge in [-0.15, -0.1) is 0 Å². The lowest BCUT2D eigenvalue weighted by atomic mass is 10.3. The molecule has 1 aliphatic heterocycles. The number of nitrogens with zero attached hydrogens (tertiary/aromatic N) is 1. The van der Waals surface area contributed by atoms with Gasteiger partial charge in [0.15, 0.2) is 0 Å². The van der Waals surface area contributed by atoms with Gasteiger partial charge in [0.25, 0.3) is 0 Å². The quantitative estimate of drug-likeness (QED) is 0.711. The highest BCUT2D eigenvalue weighted by Gasteiger charge is 2.49. The Morgan fingerprint density at radius 1 is 1.05 bits per heavy atom. The molecule has 19 heavy (non-hydrogen) atoms. The van der Waals surface area contributed by atoms with Crippen LogP contribution in [0.3, 0.4) is 0 Å². The molecule has 1 aromatic rings. The van der Waals surface area contributed by atoms with Crippen molar-refractivity contribution in [2.45, 2.75) is 39.2 Å². The summed E-state index contributed by atoms with van der Waals surface area (Å²) in [5, 5.41) is 0. The summed E-state index contributed by atoms with van der Waals surface area (Å²) >= 11 is 0. The summed E-state index contributed by atoms with van der Waals surface area (Å²) < 4.78 is 14.9. The smallest absolute Gasteiger partial charge is 0.378 e. The fourth-order valence-corrected chi connectivity index (χ4v) is 6.21. The molecule has 1 aromatic carbocycles. The first kappa shape index (κ1) is 14.6. The molecule has 0 N–H and O–H groups in total. The van der Waals surface area contributed by atoms with Crippen LogP contribution in [0.5, 0.6) is 0 Å². The van der Waals surface area contributed by atoms with Crippen molar-refractivity contribution >= 4 is 14.4 Å². The average Bonchev–Trinajstić information content (AvgIpc) is 2.88. The van der Waals surface area contributed by atoms with E-state index >= 15 is 0 Å². The normalized spacial score (nSPS) is 17.9. The fraction of sp³-hybridized carbons (Fsp3) is 0.600. The van der Waals surface area contributed by atoms with Crippen LogP contribution in [-0.4, -0.2) is 28.5 Å². The van der Waals surface area contributed by atoms with Crippen LogP contribution in [0.4, 0.5) is 5.69 Å². The standard InChI is InChI=1S/C15H25NO2Si/c1-3-12-17-19(18-13-4-2)14-8-11-16(19)15-9-6-5-7-10-15/h5-7,9-10H,3-4,8,11-14H2,1-2H3. The van der Waals surface area contributed by atoms with Crippen molar-refractivity contribution in [2.75, 3.05) is 24.3 Å². The topological polar surface area (TPSA) is 21.7 Å². The number of benzene rings is 1. The van der Waals surface area contributed by atoms with Crippen LogP contribution in [0.15, 0.2) is 30.3 Å². The molecule has 0 unspecified atom stereocenters. The molecule has 1 fully saturated rings. The van der Waals surface area contributed by atoms with Gasteiger partial charge in [-0.05, 0) is 31.4 Å². The van der Waals surface area contributed by atoms with Crippen LogP contribution in [0.25, 0.3) is 0 Å². The highest BCUT2D eigenvalue weighted by atomic mass is 28.4. The van der Waals surface area contributed by atoms with Crippen LogP contribution < -0.4 is 4.57 Å². The second-order valence-corrected chi connectivity index (χ2v) is 8.04. The van der Waals surface area contributed by atoms with Crippen molar-refractivity contribution in [3.63, 3.8) is 0 Å². The Labute approximate surface area is 117 Å². The van der Waals surface area contributed by atoms with Gasteiger partial charge in [0.1, 0.15) is 0 Å². The van der Waals surface area contributed by atoms with E-state index in [1.165, 1.54) is 12.1 Å². The molecule has 4 heteroatoms. The molecular weight excluding hydrogens is 254 g/mol. The Morgan fingerprint density at radius 3 is 2.26 bits per heavy atom. The van der Waals surface area contributed by atoms with E-state index in [-0.39, 0.29) is 0 Å². The van der Waals surface area contributed by atoms with Gasteiger partial charge in [-0.1, -0.05) is 32.0 Å². The van der Waals surface area contributed by atoms with Crippen molar-refractivity contribution in [3.05, 3.63) is 30.3 Å². The van der Waals surface area contributed by atoms with Crippen LogP contribution in [0.1, 0.15) is 33.1 Å². The highest BCUT2D eigenvalue weighted by molar-refractivity contribution is 6.72. The van der Waals surface area contributed by atoms with Gasteiger partial charge in [0.2, 0.25) is 0 Å². The van der Waals surface area contributed by atoms with Crippen molar-refractivity contribution in [1.29, 1.82) is 0 Å². The third kappa shape index (κ3) is 3.38. The Balaban J connectivity index is 2.18. The molecule has 3 nitrogen and oxygen atoms in total. The van der Waals surface area contributed by atoms with E-state index < -0.39 is 8.72 Å². The third-order valence-electron chi connectivity index (χ3n) is 3.42. The zero-order valence-electron chi connectivity index (χ0n) is 12.1. The van der Waals surface area contributed by atoms with Crippen LogP contribution in [0, 0.1) is 0 Å². The number of hydrogen-bond acceptors (Lipinski definition) is 3. The van der Waals surface area contributed by atoms with Crippen LogP contribution in [0.2, 0.25) is 6.04 Å². The molecular formula is C15H25NO2Si. The Kier molecular flexibility index (Phi) is 5.42. The SMILES string of the molecule is CCCO[Si]1(OCCC)CCCN1c1ccccc1. The molecule has 0 aromatic heterocycles. The van der Waals surface area contributed by atoms with Crippen LogP contribution in [-0.2, 0) is 8.85 Å². The summed E-state index contributed by atoms with van der Waals surface area (Å²) in [6, 6.07) is 11.7. The minimum absolute atomic E-state index is 0.805. The molecule has 0 radical (unpaired) electrons. The molecule has 0 amide bonds. The van der Waals surface area contributed by atoms with Crippen LogP contribution >= 0.6 is 0 Å². The lowest BCUT2D eigenvalue weighted by molar-refractivity contribution is 0.171. The summed E-state index contributed by atoms with van der Waals surface area (Å²) in [4.78, 5) is 0. The van der Waals surface area contributed by atoms with Gasteiger partial charge < -0.3 is 13.4 Å². The molecule has 0 saturated carbocycles. The predicted octanol–water partition coefficient (Wildman–Crippen LogP) is 3.69. The predicted molar refractivity (Wildman–Crippen MR) is 81.5 cm³/mol. The molecule has 0 spiro atoms. The second kappa shape index (κ2) is 7.08. The molecule has 106 valence electrons. The van der Waals surface area contributed by atoms with Crippen molar-refractivity contribution in [2.24, 2.45) is 0 Å². The van der Waals surface area contributed by atoms with E-state index in [0.717, 1.165) is 38.6 Å². The maximum Gasteiger partial charge on any atom is 0.459 e. The van der Waals surface area contributed by atoms with E-state index in [1.54, 1.807) is 0 Å². The first-order chi connectivity index (χ1) is 9.32. The third-order valence-corrected chi connectivity index (χ3v) is 7.02. The zero-order chi connectivity index (χ0) is 13.6. The summed E-state index contributed by atoms with van der Waals surface area (Å²) in [6.45, 7) is 6.98. The number of para-hydroxylation sites is 1. The van der Waals surface area contributed by atoms with Crippen molar-refractivity contribution in [3.8, 4) is 0 Å². The maximum atomic E-state index is 6.25. The Hall–Kier alpha value is -0.843. The monoisotopic (exact) mass is 279 g/mol. The molecule has 2 rings (SSSR count). The molecule has 1 heterocycles. The highest BCUT2D eigenvalue weighted by Crippen LogP contribution is 2.33. The van der Waals surface area contributed by atoms with E-state index in [0.29, 0.717) is 0 Å². The average molecular weight is 279 g/mol. The van der Waals surface area contributed by atoms with Crippen molar-refractivity contribution < 1.29 is 8.85 Å². The fourth-order valence-electron chi connectivity index (χ4n) is 2.56. The first-order valence-corrected chi connectivity index (χ1v) is 9.40. The molecule has 0 bridgehead atoms. The lowest BCUT2D eigenvalue weighted by Crippen LogP contribution is -2.55.